The van der Waals surface area contributed by atoms with E-state index in [4.69, 9.17) is 5.11 Å². The van der Waals surface area contributed by atoms with E-state index in [1.54, 1.807) is 10.6 Å². The van der Waals surface area contributed by atoms with Crippen LogP contribution < -0.4 is 10.5 Å². The van der Waals surface area contributed by atoms with Gasteiger partial charge in [-0.05, 0) is 17.9 Å². The van der Waals surface area contributed by atoms with Crippen molar-refractivity contribution >= 4 is 11.8 Å². The molecule has 0 bridgehead atoms. The number of carboxylic acids is 1. The van der Waals surface area contributed by atoms with Gasteiger partial charge in [0, 0.05) is 31.8 Å². The van der Waals surface area contributed by atoms with Gasteiger partial charge in [0.2, 0.25) is 0 Å². The fourth-order valence-corrected chi connectivity index (χ4v) is 2.77. The lowest BCUT2D eigenvalue weighted by Gasteiger charge is -2.32. The zero-order chi connectivity index (χ0) is 14.2. The highest BCUT2D eigenvalue weighted by Gasteiger charge is 2.24. The van der Waals surface area contributed by atoms with Crippen LogP contribution in [0, 0.1) is 0 Å². The van der Waals surface area contributed by atoms with Crippen LogP contribution in [-0.2, 0) is 17.8 Å². The number of hydrogen-bond acceptors (Lipinski definition) is 3. The van der Waals surface area contributed by atoms with Crippen molar-refractivity contribution in [2.24, 2.45) is 0 Å². The van der Waals surface area contributed by atoms with Crippen molar-refractivity contribution in [3.8, 4) is 0 Å². The number of carbonyl (C=O) groups is 1. The Morgan fingerprint density at radius 3 is 2.68 bits per heavy atom. The molecule has 104 valence electrons. The van der Waals surface area contributed by atoms with Crippen LogP contribution in [0.3, 0.4) is 0 Å². The largest absolute Gasteiger partial charge is 0.481 e. The molecule has 1 aromatic heterocycles. The molecule has 5 heteroatoms. The predicted octanol–water partition coefficient (Wildman–Crippen LogP) is 1.44. The molecular formula is C14H20N2O3. The minimum atomic E-state index is -0.859. The molecule has 0 atom stereocenters. The molecular weight excluding hydrogens is 244 g/mol. The molecule has 0 aliphatic carbocycles. The first-order valence-electron chi connectivity index (χ1n) is 6.61. The summed E-state index contributed by atoms with van der Waals surface area (Å²) in [5.41, 5.74) is 1.61. The number of rotatable bonds is 3. The fraction of sp³-hybridized carbons (Fsp3) is 0.571. The van der Waals surface area contributed by atoms with Crippen LogP contribution in [0.1, 0.15) is 37.3 Å². The number of anilines is 1. The molecule has 0 fully saturated rings. The molecule has 1 N–H and O–H groups in total. The highest BCUT2D eigenvalue weighted by Crippen LogP contribution is 2.29. The average Bonchev–Trinajstić information content (AvgIpc) is 2.31. The van der Waals surface area contributed by atoms with Crippen molar-refractivity contribution in [3.05, 3.63) is 27.5 Å². The molecule has 2 rings (SSSR count). The summed E-state index contributed by atoms with van der Waals surface area (Å²) in [6, 6.07) is 1.60. The van der Waals surface area contributed by atoms with E-state index in [9.17, 15) is 9.59 Å². The van der Waals surface area contributed by atoms with Crippen molar-refractivity contribution in [3.63, 3.8) is 0 Å². The highest BCUT2D eigenvalue weighted by molar-refractivity contribution is 5.74. The van der Waals surface area contributed by atoms with Crippen molar-refractivity contribution in [2.75, 3.05) is 18.5 Å². The number of pyridine rings is 1. The van der Waals surface area contributed by atoms with Gasteiger partial charge < -0.3 is 10.0 Å². The first kappa shape index (κ1) is 13.6. The van der Waals surface area contributed by atoms with Gasteiger partial charge in [0.1, 0.15) is 5.82 Å². The minimum absolute atomic E-state index is 0.0283. The molecule has 1 aliphatic rings. The van der Waals surface area contributed by atoms with Gasteiger partial charge in [-0.15, -0.1) is 0 Å². The monoisotopic (exact) mass is 264 g/mol. The van der Waals surface area contributed by atoms with E-state index in [2.05, 4.69) is 0 Å². The number of aromatic nitrogens is 1. The number of aliphatic carboxylic acids is 1. The second-order valence-electron chi connectivity index (χ2n) is 5.39. The fourth-order valence-electron chi connectivity index (χ4n) is 2.77. The van der Waals surface area contributed by atoms with Gasteiger partial charge in [-0.2, -0.15) is 0 Å². The van der Waals surface area contributed by atoms with Crippen LogP contribution in [0.2, 0.25) is 0 Å². The Morgan fingerprint density at radius 2 is 2.11 bits per heavy atom. The maximum atomic E-state index is 12.2. The van der Waals surface area contributed by atoms with E-state index in [0.29, 0.717) is 6.54 Å². The standard InChI is InChI=1S/C14H20N2O3/c1-9(2)10-7-12(17)16-6-4-5-15(3)14(16)11(10)8-13(18)19/h7,9H,4-6,8H2,1-3H3,(H,18,19). The quantitative estimate of drug-likeness (QED) is 0.897. The molecule has 1 aliphatic heterocycles. The molecule has 0 saturated heterocycles. The molecule has 0 radical (unpaired) electrons. The summed E-state index contributed by atoms with van der Waals surface area (Å²) >= 11 is 0. The molecule has 0 amide bonds. The molecule has 1 aromatic rings. The molecule has 0 aromatic carbocycles. The number of carboxylic acid groups (broad SMARTS) is 1. The Kier molecular flexibility index (Phi) is 3.64. The van der Waals surface area contributed by atoms with Gasteiger partial charge in [-0.1, -0.05) is 13.8 Å². The summed E-state index contributed by atoms with van der Waals surface area (Å²) in [6.45, 7) is 5.50. The van der Waals surface area contributed by atoms with Gasteiger partial charge in [-0.25, -0.2) is 0 Å². The first-order chi connectivity index (χ1) is 8.91. The third kappa shape index (κ3) is 2.50. The Hall–Kier alpha value is -1.78. The third-order valence-electron chi connectivity index (χ3n) is 3.61. The summed E-state index contributed by atoms with van der Waals surface area (Å²) in [6.07, 6.45) is 0.879. The van der Waals surface area contributed by atoms with Crippen molar-refractivity contribution < 1.29 is 9.90 Å². The van der Waals surface area contributed by atoms with Gasteiger partial charge in [-0.3, -0.25) is 14.2 Å². The number of nitrogens with zero attached hydrogens (tertiary/aromatic N) is 2. The van der Waals surface area contributed by atoms with Crippen LogP contribution in [0.25, 0.3) is 0 Å². The van der Waals surface area contributed by atoms with Crippen LogP contribution in [0.5, 0.6) is 0 Å². The summed E-state index contributed by atoms with van der Waals surface area (Å²) < 4.78 is 1.70. The second-order valence-corrected chi connectivity index (χ2v) is 5.39. The van der Waals surface area contributed by atoms with E-state index >= 15 is 0 Å². The first-order valence-corrected chi connectivity index (χ1v) is 6.61. The van der Waals surface area contributed by atoms with Gasteiger partial charge >= 0.3 is 5.97 Å². The Balaban J connectivity index is 2.71. The molecule has 0 saturated carbocycles. The van der Waals surface area contributed by atoms with Crippen LogP contribution in [0.4, 0.5) is 5.82 Å². The topological polar surface area (TPSA) is 62.5 Å². The third-order valence-corrected chi connectivity index (χ3v) is 3.61. The van der Waals surface area contributed by atoms with E-state index < -0.39 is 5.97 Å². The molecule has 19 heavy (non-hydrogen) atoms. The molecule has 5 nitrogen and oxygen atoms in total. The van der Waals surface area contributed by atoms with Crippen molar-refractivity contribution in [2.45, 2.75) is 39.2 Å². The van der Waals surface area contributed by atoms with Gasteiger partial charge in [0.05, 0.1) is 6.42 Å². The lowest BCUT2D eigenvalue weighted by atomic mass is 9.95. The second kappa shape index (κ2) is 5.07. The molecule has 0 spiro atoms. The Morgan fingerprint density at radius 1 is 1.42 bits per heavy atom. The molecule has 2 heterocycles. The Bertz CT molecular complexity index is 561. The summed E-state index contributed by atoms with van der Waals surface area (Å²) in [4.78, 5) is 25.3. The highest BCUT2D eigenvalue weighted by atomic mass is 16.4. The zero-order valence-electron chi connectivity index (χ0n) is 11.6. The Labute approximate surface area is 112 Å². The van der Waals surface area contributed by atoms with Crippen LogP contribution in [-0.4, -0.2) is 29.2 Å². The molecule has 0 unspecified atom stereocenters. The summed E-state index contributed by atoms with van der Waals surface area (Å²) in [5.74, 6) is 0.0652. The lowest BCUT2D eigenvalue weighted by Crippen LogP contribution is -2.37. The predicted molar refractivity (Wildman–Crippen MR) is 74.0 cm³/mol. The van der Waals surface area contributed by atoms with Crippen molar-refractivity contribution in [1.29, 1.82) is 0 Å². The number of hydrogen-bond donors (Lipinski definition) is 1. The SMILES string of the molecule is CC(C)c1cc(=O)n2c(c1CC(=O)O)N(C)CCC2. The smallest absolute Gasteiger partial charge is 0.307 e. The van der Waals surface area contributed by atoms with Gasteiger partial charge in [0.15, 0.2) is 0 Å². The van der Waals surface area contributed by atoms with E-state index in [1.165, 1.54) is 0 Å². The average molecular weight is 264 g/mol. The zero-order valence-corrected chi connectivity index (χ0v) is 11.6. The lowest BCUT2D eigenvalue weighted by molar-refractivity contribution is -0.136. The maximum absolute atomic E-state index is 12.2. The number of fused-ring (bicyclic) bond motifs is 1. The van der Waals surface area contributed by atoms with Crippen LogP contribution in [0.15, 0.2) is 10.9 Å². The normalized spacial score (nSPS) is 14.6. The summed E-state index contributed by atoms with van der Waals surface area (Å²) in [7, 11) is 1.92. The minimum Gasteiger partial charge on any atom is -0.481 e. The van der Waals surface area contributed by atoms with E-state index in [1.807, 2.05) is 25.8 Å². The van der Waals surface area contributed by atoms with Crippen molar-refractivity contribution in [1.82, 2.24) is 4.57 Å². The van der Waals surface area contributed by atoms with E-state index in [0.717, 1.165) is 29.9 Å². The van der Waals surface area contributed by atoms with Gasteiger partial charge in [0.25, 0.3) is 5.56 Å². The van der Waals surface area contributed by atoms with E-state index in [-0.39, 0.29) is 17.9 Å². The van der Waals surface area contributed by atoms with Crippen LogP contribution >= 0.6 is 0 Å². The summed E-state index contributed by atoms with van der Waals surface area (Å²) in [5, 5.41) is 9.12. The maximum Gasteiger partial charge on any atom is 0.307 e.